The van der Waals surface area contributed by atoms with Crippen molar-refractivity contribution < 1.29 is 23.9 Å². The number of carbonyl (C=O) groups excluding carboxylic acids is 4. The molecule has 1 fully saturated rings. The van der Waals surface area contributed by atoms with Crippen molar-refractivity contribution in [2.75, 3.05) is 11.5 Å². The number of pyridine rings is 1. The molecule has 0 saturated carbocycles. The van der Waals surface area contributed by atoms with E-state index in [1.54, 1.807) is 60.7 Å². The summed E-state index contributed by atoms with van der Waals surface area (Å²) >= 11 is 6.25. The van der Waals surface area contributed by atoms with Crippen molar-refractivity contribution in [3.63, 3.8) is 0 Å². The standard InChI is InChI=1S/C35H29ClN2O5/c1-19-7-8-23(15-21(19)3)31(39)18-43-35(42)28-17-30(37-29-14-11-24(36)16-27(28)29)22-9-12-25(13-10-22)38-33(40)26-6-4-5-20(2)32(26)34(38)41/h4-5,7-17,20,26,32H,6,18H2,1-3H3. The smallest absolute Gasteiger partial charge is 0.339 e. The number of carbonyl (C=O) groups is 4. The van der Waals surface area contributed by atoms with E-state index in [2.05, 4.69) is 0 Å². The van der Waals surface area contributed by atoms with Gasteiger partial charge in [0.15, 0.2) is 12.4 Å². The lowest BCUT2D eigenvalue weighted by Crippen LogP contribution is -2.31. The number of rotatable bonds is 6. The van der Waals surface area contributed by atoms with Gasteiger partial charge in [-0.2, -0.15) is 0 Å². The fourth-order valence-electron chi connectivity index (χ4n) is 5.91. The van der Waals surface area contributed by atoms with Crippen LogP contribution < -0.4 is 4.90 Å². The zero-order chi connectivity index (χ0) is 30.4. The number of allylic oxidation sites excluding steroid dienone is 2. The second-order valence-electron chi connectivity index (χ2n) is 11.2. The molecule has 2 amide bonds. The highest BCUT2D eigenvalue weighted by molar-refractivity contribution is 6.31. The number of nitrogens with zero attached hydrogens (tertiary/aromatic N) is 2. The molecule has 0 N–H and O–H groups in total. The molecule has 1 aromatic heterocycles. The number of halogens is 1. The SMILES string of the molecule is Cc1ccc(C(=O)COC(=O)c2cc(-c3ccc(N4C(=O)C5CC=CC(C)C5C4=O)cc3)nc3ccc(Cl)cc23)cc1C. The van der Waals surface area contributed by atoms with Crippen LogP contribution in [0.15, 0.2) is 78.9 Å². The first-order chi connectivity index (χ1) is 20.6. The van der Waals surface area contributed by atoms with Gasteiger partial charge in [0.1, 0.15) is 0 Å². The number of aryl methyl sites for hydroxylation is 2. The van der Waals surface area contributed by atoms with Gasteiger partial charge in [0.25, 0.3) is 0 Å². The molecule has 3 unspecified atom stereocenters. The van der Waals surface area contributed by atoms with E-state index in [9.17, 15) is 19.2 Å². The van der Waals surface area contributed by atoms with Crippen molar-refractivity contribution in [3.05, 3.63) is 106 Å². The molecule has 0 bridgehead atoms. The molecule has 0 radical (unpaired) electrons. The molecule has 0 spiro atoms. The summed E-state index contributed by atoms with van der Waals surface area (Å²) in [6.07, 6.45) is 4.54. The maximum atomic E-state index is 13.3. The summed E-state index contributed by atoms with van der Waals surface area (Å²) in [6.45, 7) is 5.43. The number of amides is 2. The number of hydrogen-bond donors (Lipinski definition) is 0. The molecule has 43 heavy (non-hydrogen) atoms. The topological polar surface area (TPSA) is 93.6 Å². The van der Waals surface area contributed by atoms with E-state index in [1.165, 1.54) is 4.90 Å². The number of fused-ring (bicyclic) bond motifs is 2. The number of hydrogen-bond acceptors (Lipinski definition) is 6. The summed E-state index contributed by atoms with van der Waals surface area (Å²) in [5.41, 5.74) is 4.91. The highest BCUT2D eigenvalue weighted by Gasteiger charge is 2.50. The second kappa shape index (κ2) is 11.2. The largest absolute Gasteiger partial charge is 0.454 e. The predicted molar refractivity (Wildman–Crippen MR) is 165 cm³/mol. The molecule has 8 heteroatoms. The first-order valence-electron chi connectivity index (χ1n) is 14.1. The maximum Gasteiger partial charge on any atom is 0.339 e. The Hall–Kier alpha value is -4.62. The third-order valence-electron chi connectivity index (χ3n) is 8.45. The molecule has 3 atom stereocenters. The van der Waals surface area contributed by atoms with E-state index in [0.717, 1.165) is 11.1 Å². The summed E-state index contributed by atoms with van der Waals surface area (Å²) in [5, 5.41) is 0.923. The number of aromatic nitrogens is 1. The molecule has 2 heterocycles. The van der Waals surface area contributed by atoms with Crippen LogP contribution in [0.25, 0.3) is 22.2 Å². The number of benzene rings is 3. The van der Waals surface area contributed by atoms with Gasteiger partial charge in [-0.3, -0.25) is 19.3 Å². The molecule has 216 valence electrons. The number of imide groups is 1. The molecular weight excluding hydrogens is 564 g/mol. The predicted octanol–water partition coefficient (Wildman–Crippen LogP) is 6.91. The Labute approximate surface area is 254 Å². The summed E-state index contributed by atoms with van der Waals surface area (Å²) in [7, 11) is 0. The molecule has 2 aliphatic rings. The van der Waals surface area contributed by atoms with Crippen LogP contribution >= 0.6 is 11.6 Å². The van der Waals surface area contributed by atoms with Crippen LogP contribution in [0.2, 0.25) is 5.02 Å². The van der Waals surface area contributed by atoms with Crippen molar-refractivity contribution in [1.29, 1.82) is 0 Å². The van der Waals surface area contributed by atoms with E-state index in [1.807, 2.05) is 39.0 Å². The number of ether oxygens (including phenoxy) is 1. The molecular formula is C35H29ClN2O5. The van der Waals surface area contributed by atoms with Crippen LogP contribution in [0.1, 0.15) is 45.2 Å². The van der Waals surface area contributed by atoms with Crippen molar-refractivity contribution in [3.8, 4) is 11.3 Å². The molecule has 1 aliphatic heterocycles. The normalized spacial score (nSPS) is 19.5. The maximum absolute atomic E-state index is 13.3. The number of Topliss-reactive ketones (excluding diaryl/α,β-unsaturated/α-hetero) is 1. The van der Waals surface area contributed by atoms with E-state index < -0.39 is 12.6 Å². The van der Waals surface area contributed by atoms with Gasteiger partial charge in [0.2, 0.25) is 11.8 Å². The van der Waals surface area contributed by atoms with Crippen LogP contribution in [-0.2, 0) is 14.3 Å². The highest BCUT2D eigenvalue weighted by atomic mass is 35.5. The van der Waals surface area contributed by atoms with Gasteiger partial charge in [-0.1, -0.05) is 54.9 Å². The first kappa shape index (κ1) is 28.5. The Morgan fingerprint density at radius 2 is 1.72 bits per heavy atom. The minimum Gasteiger partial charge on any atom is -0.454 e. The summed E-state index contributed by atoms with van der Waals surface area (Å²) in [6, 6.07) is 19.0. The zero-order valence-corrected chi connectivity index (χ0v) is 24.7. The van der Waals surface area contributed by atoms with Gasteiger partial charge in [-0.05, 0) is 79.8 Å². The third-order valence-corrected chi connectivity index (χ3v) is 8.68. The fourth-order valence-corrected chi connectivity index (χ4v) is 6.08. The van der Waals surface area contributed by atoms with Crippen LogP contribution in [0.5, 0.6) is 0 Å². The summed E-state index contributed by atoms with van der Waals surface area (Å²) in [4.78, 5) is 58.5. The molecule has 1 aliphatic carbocycles. The summed E-state index contributed by atoms with van der Waals surface area (Å²) < 4.78 is 5.47. The number of esters is 1. The van der Waals surface area contributed by atoms with Crippen LogP contribution in [0.3, 0.4) is 0 Å². The van der Waals surface area contributed by atoms with Gasteiger partial charge in [0, 0.05) is 21.5 Å². The van der Waals surface area contributed by atoms with Crippen molar-refractivity contribution >= 4 is 51.8 Å². The van der Waals surface area contributed by atoms with Gasteiger partial charge in [-0.15, -0.1) is 0 Å². The van der Waals surface area contributed by atoms with Crippen molar-refractivity contribution in [1.82, 2.24) is 4.98 Å². The van der Waals surface area contributed by atoms with Crippen LogP contribution in [0, 0.1) is 31.6 Å². The van der Waals surface area contributed by atoms with Gasteiger partial charge < -0.3 is 4.74 Å². The Morgan fingerprint density at radius 1 is 0.953 bits per heavy atom. The monoisotopic (exact) mass is 592 g/mol. The van der Waals surface area contributed by atoms with E-state index in [-0.39, 0.29) is 40.9 Å². The molecule has 4 aromatic rings. The highest BCUT2D eigenvalue weighted by Crippen LogP contribution is 2.41. The Morgan fingerprint density at radius 3 is 2.44 bits per heavy atom. The van der Waals surface area contributed by atoms with Gasteiger partial charge in [0.05, 0.1) is 34.3 Å². The number of ketones is 1. The average molecular weight is 593 g/mol. The molecule has 7 nitrogen and oxygen atoms in total. The zero-order valence-electron chi connectivity index (χ0n) is 24.0. The lowest BCUT2D eigenvalue weighted by atomic mass is 9.78. The lowest BCUT2D eigenvalue weighted by Gasteiger charge is -2.22. The van der Waals surface area contributed by atoms with Crippen molar-refractivity contribution in [2.24, 2.45) is 17.8 Å². The fraction of sp³-hybridized carbons (Fsp3) is 0.229. The average Bonchev–Trinajstić information content (AvgIpc) is 3.26. The quantitative estimate of drug-likeness (QED) is 0.104. The van der Waals surface area contributed by atoms with Crippen LogP contribution in [0.4, 0.5) is 5.69 Å². The number of anilines is 1. The van der Waals surface area contributed by atoms with Crippen LogP contribution in [-0.4, -0.2) is 35.2 Å². The minimum atomic E-state index is -0.677. The van der Waals surface area contributed by atoms with E-state index >= 15 is 0 Å². The third kappa shape index (κ3) is 5.25. The summed E-state index contributed by atoms with van der Waals surface area (Å²) in [5.74, 6) is -2.02. The Kier molecular flexibility index (Phi) is 7.44. The first-order valence-corrected chi connectivity index (χ1v) is 14.5. The van der Waals surface area contributed by atoms with E-state index in [0.29, 0.717) is 44.9 Å². The van der Waals surface area contributed by atoms with E-state index in [4.69, 9.17) is 21.3 Å². The Bertz CT molecular complexity index is 1850. The Balaban J connectivity index is 1.28. The van der Waals surface area contributed by atoms with Crippen molar-refractivity contribution in [2.45, 2.75) is 27.2 Å². The lowest BCUT2D eigenvalue weighted by molar-refractivity contribution is -0.122. The molecule has 1 saturated heterocycles. The molecule has 3 aromatic carbocycles. The molecule has 6 rings (SSSR count). The van der Waals surface area contributed by atoms with Gasteiger partial charge in [-0.25, -0.2) is 9.78 Å². The minimum absolute atomic E-state index is 0.00394. The second-order valence-corrected chi connectivity index (χ2v) is 11.7. The van der Waals surface area contributed by atoms with Gasteiger partial charge >= 0.3 is 5.97 Å².